The predicted octanol–water partition coefficient (Wildman–Crippen LogP) is 3.97. The molecule has 0 saturated heterocycles. The summed E-state index contributed by atoms with van der Waals surface area (Å²) < 4.78 is 0. The van der Waals surface area contributed by atoms with Crippen LogP contribution in [0.3, 0.4) is 0 Å². The van der Waals surface area contributed by atoms with Gasteiger partial charge in [-0.25, -0.2) is 0 Å². The lowest BCUT2D eigenvalue weighted by Gasteiger charge is -2.13. The van der Waals surface area contributed by atoms with E-state index in [2.05, 4.69) is 17.4 Å². The van der Waals surface area contributed by atoms with E-state index >= 15 is 0 Å². The number of hydrogen-bond donors (Lipinski definition) is 1. The van der Waals surface area contributed by atoms with Crippen LogP contribution in [-0.2, 0) is 25.3 Å². The molecular weight excluding hydrogens is 334 g/mol. The molecule has 112 valence electrons. The average Bonchev–Trinajstić information content (AvgIpc) is 2.50. The van der Waals surface area contributed by atoms with Gasteiger partial charge in [0.2, 0.25) is 0 Å². The van der Waals surface area contributed by atoms with Gasteiger partial charge in [-0.15, -0.1) is 23.5 Å². The number of rotatable bonds is 8. The quantitative estimate of drug-likeness (QED) is 0.437. The molecule has 0 atom stereocenters. The van der Waals surface area contributed by atoms with Gasteiger partial charge in [0.1, 0.15) is 0 Å². The fourth-order valence-electron chi connectivity index (χ4n) is 1.73. The number of nitrogens with one attached hydrogen (secondary N) is 1. The molecule has 1 nitrogen and oxygen atoms in total. The lowest BCUT2D eigenvalue weighted by Crippen LogP contribution is -2.20. The summed E-state index contributed by atoms with van der Waals surface area (Å²) in [5.74, 6) is 2.08. The summed E-state index contributed by atoms with van der Waals surface area (Å²) in [7, 11) is 0. The van der Waals surface area contributed by atoms with Crippen molar-refractivity contribution in [1.82, 2.24) is 5.32 Å². The molecule has 0 spiro atoms. The van der Waals surface area contributed by atoms with E-state index in [0.29, 0.717) is 0 Å². The Labute approximate surface area is 146 Å². The molecule has 0 heterocycles. The standard InChI is InChI=1S/C16H19NS4/c18-13-5-1-3-7-15(13)20-11-9-17-10-12-21-16-8-4-2-6-14(16)19/h1-8,17-19H,9-12H2/p-2. The molecule has 2 aromatic carbocycles. The Bertz CT molecular complexity index is 510. The highest BCUT2D eigenvalue weighted by atomic mass is 32.2. The number of benzene rings is 2. The number of hydrogen-bond acceptors (Lipinski definition) is 5. The monoisotopic (exact) mass is 351 g/mol. The number of thioether (sulfide) groups is 2. The van der Waals surface area contributed by atoms with Crippen LogP contribution in [0.4, 0.5) is 0 Å². The first-order valence-corrected chi connectivity index (χ1v) is 9.54. The van der Waals surface area contributed by atoms with Gasteiger partial charge in [0.05, 0.1) is 0 Å². The van der Waals surface area contributed by atoms with Crippen molar-refractivity contribution < 1.29 is 0 Å². The van der Waals surface area contributed by atoms with E-state index in [1.165, 1.54) is 9.79 Å². The lowest BCUT2D eigenvalue weighted by molar-refractivity contribution is 0.774. The fourth-order valence-corrected chi connectivity index (χ4v) is 4.08. The third-order valence-electron chi connectivity index (χ3n) is 2.77. The van der Waals surface area contributed by atoms with Crippen LogP contribution >= 0.6 is 23.5 Å². The SMILES string of the molecule is [S-]c1ccccc1SCCNCCSc1ccccc1[S-]. The summed E-state index contributed by atoms with van der Waals surface area (Å²) in [6.45, 7) is 1.98. The first-order valence-electron chi connectivity index (χ1n) is 6.76. The molecular formula is C16H17NS4-2. The van der Waals surface area contributed by atoms with E-state index < -0.39 is 0 Å². The van der Waals surface area contributed by atoms with Crippen molar-refractivity contribution >= 4 is 48.8 Å². The third kappa shape index (κ3) is 6.04. The van der Waals surface area contributed by atoms with Gasteiger partial charge >= 0.3 is 0 Å². The molecule has 0 radical (unpaired) electrons. The Morgan fingerprint density at radius 2 is 1.14 bits per heavy atom. The zero-order valence-corrected chi connectivity index (χ0v) is 14.8. The second kappa shape index (κ2) is 9.54. The van der Waals surface area contributed by atoms with Gasteiger partial charge in [-0.1, -0.05) is 48.5 Å². The molecule has 1 N–H and O–H groups in total. The van der Waals surface area contributed by atoms with Crippen molar-refractivity contribution in [3.63, 3.8) is 0 Å². The zero-order chi connectivity index (χ0) is 14.9. The molecule has 0 unspecified atom stereocenters. The van der Waals surface area contributed by atoms with Crippen LogP contribution in [0, 0.1) is 0 Å². The Morgan fingerprint density at radius 1 is 0.714 bits per heavy atom. The topological polar surface area (TPSA) is 12.0 Å². The van der Waals surface area contributed by atoms with Crippen molar-refractivity contribution in [2.24, 2.45) is 0 Å². The summed E-state index contributed by atoms with van der Waals surface area (Å²) in [6.07, 6.45) is 0. The van der Waals surface area contributed by atoms with Crippen molar-refractivity contribution in [1.29, 1.82) is 0 Å². The van der Waals surface area contributed by atoms with Crippen LogP contribution in [0.25, 0.3) is 0 Å². The molecule has 0 aliphatic rings. The molecule has 0 amide bonds. The second-order valence-corrected chi connectivity index (χ2v) is 7.49. The van der Waals surface area contributed by atoms with E-state index in [9.17, 15) is 0 Å². The highest BCUT2D eigenvalue weighted by molar-refractivity contribution is 7.99. The van der Waals surface area contributed by atoms with Crippen molar-refractivity contribution in [3.8, 4) is 0 Å². The summed E-state index contributed by atoms with van der Waals surface area (Å²) in [4.78, 5) is 4.28. The van der Waals surface area contributed by atoms with Crippen LogP contribution < -0.4 is 5.32 Å². The van der Waals surface area contributed by atoms with Crippen molar-refractivity contribution in [2.75, 3.05) is 24.6 Å². The Morgan fingerprint density at radius 3 is 1.57 bits per heavy atom. The molecule has 21 heavy (non-hydrogen) atoms. The molecule has 0 aliphatic heterocycles. The van der Waals surface area contributed by atoms with Crippen LogP contribution in [0.2, 0.25) is 0 Å². The first kappa shape index (κ1) is 16.9. The van der Waals surface area contributed by atoms with Crippen LogP contribution in [0.1, 0.15) is 0 Å². The highest BCUT2D eigenvalue weighted by Crippen LogP contribution is 2.22. The maximum atomic E-state index is 5.28. The highest BCUT2D eigenvalue weighted by Gasteiger charge is 1.95. The van der Waals surface area contributed by atoms with E-state index in [1.54, 1.807) is 0 Å². The molecule has 2 rings (SSSR count). The molecule has 5 heteroatoms. The van der Waals surface area contributed by atoms with E-state index in [1.807, 2.05) is 59.9 Å². The average molecular weight is 352 g/mol. The smallest absolute Gasteiger partial charge is 0.0105 e. The van der Waals surface area contributed by atoms with Gasteiger partial charge in [-0.05, 0) is 9.79 Å². The van der Waals surface area contributed by atoms with E-state index in [0.717, 1.165) is 34.4 Å². The maximum Gasteiger partial charge on any atom is 0.0105 e. The van der Waals surface area contributed by atoms with Gasteiger partial charge in [0.25, 0.3) is 0 Å². The Kier molecular flexibility index (Phi) is 7.68. The fraction of sp³-hybridized carbons (Fsp3) is 0.250. The molecule has 0 aromatic heterocycles. The van der Waals surface area contributed by atoms with Gasteiger partial charge < -0.3 is 30.6 Å². The van der Waals surface area contributed by atoms with Crippen LogP contribution in [0.15, 0.2) is 68.1 Å². The van der Waals surface area contributed by atoms with Crippen LogP contribution in [0.5, 0.6) is 0 Å². The third-order valence-corrected chi connectivity index (χ3v) is 5.89. The van der Waals surface area contributed by atoms with Crippen molar-refractivity contribution in [3.05, 3.63) is 48.5 Å². The Balaban J connectivity index is 1.57. The van der Waals surface area contributed by atoms with E-state index in [-0.39, 0.29) is 0 Å². The molecule has 2 aromatic rings. The zero-order valence-electron chi connectivity index (χ0n) is 11.6. The van der Waals surface area contributed by atoms with E-state index in [4.69, 9.17) is 25.3 Å². The second-order valence-electron chi connectivity index (χ2n) is 4.34. The summed E-state index contributed by atoms with van der Waals surface area (Å²) in [6, 6.07) is 16.2. The molecule has 0 saturated carbocycles. The predicted molar refractivity (Wildman–Crippen MR) is 98.5 cm³/mol. The maximum absolute atomic E-state index is 5.28. The van der Waals surface area contributed by atoms with Crippen molar-refractivity contribution in [2.45, 2.75) is 19.6 Å². The summed E-state index contributed by atoms with van der Waals surface area (Å²) in [5.41, 5.74) is 0. The van der Waals surface area contributed by atoms with Gasteiger partial charge in [-0.2, -0.15) is 9.79 Å². The van der Waals surface area contributed by atoms with Gasteiger partial charge in [0, 0.05) is 24.6 Å². The Hall–Kier alpha value is -0.460. The molecule has 0 fully saturated rings. The lowest BCUT2D eigenvalue weighted by atomic mass is 10.4. The summed E-state index contributed by atoms with van der Waals surface area (Å²) in [5, 5.41) is 3.46. The van der Waals surface area contributed by atoms with Crippen LogP contribution in [-0.4, -0.2) is 24.6 Å². The van der Waals surface area contributed by atoms with Gasteiger partial charge in [-0.3, -0.25) is 0 Å². The minimum atomic E-state index is 0.945. The first-order chi connectivity index (χ1) is 10.3. The summed E-state index contributed by atoms with van der Waals surface area (Å²) >= 11 is 14.2. The largest absolute Gasteiger partial charge is 0.779 e. The molecule has 0 aliphatic carbocycles. The molecule has 0 bridgehead atoms. The minimum absolute atomic E-state index is 0.945. The normalized spacial score (nSPS) is 10.7. The minimum Gasteiger partial charge on any atom is -0.779 e. The van der Waals surface area contributed by atoms with Gasteiger partial charge in [0.15, 0.2) is 0 Å².